The van der Waals surface area contributed by atoms with E-state index in [1.54, 1.807) is 38.2 Å². The van der Waals surface area contributed by atoms with E-state index in [1.165, 1.54) is 11.3 Å². The molecule has 0 saturated heterocycles. The summed E-state index contributed by atoms with van der Waals surface area (Å²) >= 11 is 1.51. The van der Waals surface area contributed by atoms with Crippen molar-refractivity contribution in [3.8, 4) is 0 Å². The molecule has 0 atom stereocenters. The molecule has 0 N–H and O–H groups in total. The Bertz CT molecular complexity index is 922. The SMILES string of the molecule is CCOC(=O)c1c(C)oc2ccc(C(=O)Cc3cnc(C)s3)cc12. The van der Waals surface area contributed by atoms with Gasteiger partial charge in [-0.2, -0.15) is 0 Å². The summed E-state index contributed by atoms with van der Waals surface area (Å²) in [6.07, 6.45) is 2.02. The molecule has 0 aliphatic carbocycles. The summed E-state index contributed by atoms with van der Waals surface area (Å²) in [7, 11) is 0. The molecule has 0 radical (unpaired) electrons. The van der Waals surface area contributed by atoms with Crippen LogP contribution in [0.5, 0.6) is 0 Å². The number of furan rings is 1. The average Bonchev–Trinajstić information content (AvgIpc) is 3.08. The summed E-state index contributed by atoms with van der Waals surface area (Å²) in [5, 5.41) is 1.54. The molecular formula is C18H17NO4S. The molecular weight excluding hydrogens is 326 g/mol. The number of aromatic nitrogens is 1. The molecule has 0 unspecified atom stereocenters. The number of fused-ring (bicyclic) bond motifs is 1. The number of Topliss-reactive ketones (excluding diaryl/α,β-unsaturated/α-hetero) is 1. The predicted molar refractivity (Wildman–Crippen MR) is 91.8 cm³/mol. The van der Waals surface area contributed by atoms with Gasteiger partial charge in [-0.1, -0.05) is 0 Å². The zero-order valence-electron chi connectivity index (χ0n) is 13.7. The van der Waals surface area contributed by atoms with Crippen LogP contribution in [-0.4, -0.2) is 23.3 Å². The molecule has 3 rings (SSSR count). The smallest absolute Gasteiger partial charge is 0.342 e. The van der Waals surface area contributed by atoms with Crippen LogP contribution in [-0.2, 0) is 11.2 Å². The van der Waals surface area contributed by atoms with Crippen molar-refractivity contribution in [3.05, 3.63) is 51.2 Å². The fourth-order valence-corrected chi connectivity index (χ4v) is 3.39. The Kier molecular flexibility index (Phi) is 4.49. The van der Waals surface area contributed by atoms with E-state index in [9.17, 15) is 9.59 Å². The van der Waals surface area contributed by atoms with Gasteiger partial charge in [0.15, 0.2) is 5.78 Å². The maximum atomic E-state index is 12.5. The fourth-order valence-electron chi connectivity index (χ4n) is 2.60. The summed E-state index contributed by atoms with van der Waals surface area (Å²) in [5.74, 6) is 0.0387. The molecule has 2 heterocycles. The summed E-state index contributed by atoms with van der Waals surface area (Å²) in [5.41, 5.74) is 1.50. The van der Waals surface area contributed by atoms with Crippen LogP contribution in [0.3, 0.4) is 0 Å². The van der Waals surface area contributed by atoms with Crippen LogP contribution < -0.4 is 0 Å². The number of thiazole rings is 1. The maximum Gasteiger partial charge on any atom is 0.342 e. The second-order valence-corrected chi connectivity index (χ2v) is 6.73. The molecule has 0 bridgehead atoms. The number of ether oxygens (including phenoxy) is 1. The number of carbonyl (C=O) groups excluding carboxylic acids is 2. The van der Waals surface area contributed by atoms with Crippen LogP contribution in [0, 0.1) is 13.8 Å². The van der Waals surface area contributed by atoms with Gasteiger partial charge in [0, 0.05) is 28.4 Å². The minimum absolute atomic E-state index is 0.0192. The molecule has 1 aromatic carbocycles. The molecule has 2 aromatic heterocycles. The van der Waals surface area contributed by atoms with E-state index in [2.05, 4.69) is 4.98 Å². The average molecular weight is 343 g/mol. The third-order valence-electron chi connectivity index (χ3n) is 3.67. The largest absolute Gasteiger partial charge is 0.462 e. The van der Waals surface area contributed by atoms with Crippen molar-refractivity contribution in [2.75, 3.05) is 6.61 Å². The van der Waals surface area contributed by atoms with Crippen molar-refractivity contribution >= 4 is 34.1 Å². The van der Waals surface area contributed by atoms with Gasteiger partial charge in [-0.05, 0) is 39.0 Å². The molecule has 6 heteroatoms. The van der Waals surface area contributed by atoms with Gasteiger partial charge in [-0.3, -0.25) is 4.79 Å². The van der Waals surface area contributed by atoms with Crippen LogP contribution >= 0.6 is 11.3 Å². The van der Waals surface area contributed by atoms with Crippen LogP contribution in [0.4, 0.5) is 0 Å². The van der Waals surface area contributed by atoms with Gasteiger partial charge in [0.25, 0.3) is 0 Å². The predicted octanol–water partition coefficient (Wildman–Crippen LogP) is 4.11. The number of aryl methyl sites for hydroxylation is 2. The lowest BCUT2D eigenvalue weighted by molar-refractivity contribution is 0.0526. The highest BCUT2D eigenvalue weighted by atomic mass is 32.1. The highest BCUT2D eigenvalue weighted by Crippen LogP contribution is 2.28. The van der Waals surface area contributed by atoms with E-state index in [4.69, 9.17) is 9.15 Å². The molecule has 0 aliphatic heterocycles. The zero-order chi connectivity index (χ0) is 17.3. The third-order valence-corrected chi connectivity index (χ3v) is 4.58. The topological polar surface area (TPSA) is 69.4 Å². The minimum Gasteiger partial charge on any atom is -0.462 e. The Labute approximate surface area is 143 Å². The summed E-state index contributed by atoms with van der Waals surface area (Å²) in [4.78, 5) is 29.7. The van der Waals surface area contributed by atoms with Crippen molar-refractivity contribution in [1.82, 2.24) is 4.98 Å². The van der Waals surface area contributed by atoms with Gasteiger partial charge in [-0.25, -0.2) is 9.78 Å². The number of hydrogen-bond acceptors (Lipinski definition) is 6. The monoisotopic (exact) mass is 343 g/mol. The second-order valence-electron chi connectivity index (χ2n) is 5.41. The molecule has 0 amide bonds. The van der Waals surface area contributed by atoms with Gasteiger partial charge in [-0.15, -0.1) is 11.3 Å². The van der Waals surface area contributed by atoms with Gasteiger partial charge in [0.1, 0.15) is 16.9 Å². The van der Waals surface area contributed by atoms with Crippen molar-refractivity contribution in [1.29, 1.82) is 0 Å². The first kappa shape index (κ1) is 16.4. The minimum atomic E-state index is -0.434. The number of hydrogen-bond donors (Lipinski definition) is 0. The van der Waals surface area contributed by atoms with Crippen molar-refractivity contribution in [2.45, 2.75) is 27.2 Å². The number of carbonyl (C=O) groups is 2. The Morgan fingerprint density at radius 3 is 2.75 bits per heavy atom. The highest BCUT2D eigenvalue weighted by Gasteiger charge is 2.20. The first-order valence-corrected chi connectivity index (χ1v) is 8.46. The Balaban J connectivity index is 1.96. The third kappa shape index (κ3) is 3.10. The molecule has 0 saturated carbocycles. The first-order valence-electron chi connectivity index (χ1n) is 7.64. The number of benzene rings is 1. The molecule has 0 aliphatic rings. The Hall–Kier alpha value is -2.47. The van der Waals surface area contributed by atoms with Crippen molar-refractivity contribution < 1.29 is 18.7 Å². The second kappa shape index (κ2) is 6.57. The molecule has 3 aromatic rings. The molecule has 124 valence electrons. The normalized spacial score (nSPS) is 11.0. The fraction of sp³-hybridized carbons (Fsp3) is 0.278. The highest BCUT2D eigenvalue weighted by molar-refractivity contribution is 7.11. The van der Waals surface area contributed by atoms with E-state index >= 15 is 0 Å². The summed E-state index contributed by atoms with van der Waals surface area (Å²) < 4.78 is 10.7. The van der Waals surface area contributed by atoms with Crippen molar-refractivity contribution in [3.63, 3.8) is 0 Å². The van der Waals surface area contributed by atoms with E-state index in [0.29, 0.717) is 34.3 Å². The van der Waals surface area contributed by atoms with Gasteiger partial charge >= 0.3 is 5.97 Å². The summed E-state index contributed by atoms with van der Waals surface area (Å²) in [6.45, 7) is 5.66. The lowest BCUT2D eigenvalue weighted by atomic mass is 10.0. The van der Waals surface area contributed by atoms with Crippen molar-refractivity contribution in [2.24, 2.45) is 0 Å². The lowest BCUT2D eigenvalue weighted by Crippen LogP contribution is -2.06. The number of nitrogens with zero attached hydrogens (tertiary/aromatic N) is 1. The van der Waals surface area contributed by atoms with Crippen LogP contribution in [0.25, 0.3) is 11.0 Å². The first-order chi connectivity index (χ1) is 11.5. The molecule has 0 fully saturated rings. The van der Waals surface area contributed by atoms with E-state index in [0.717, 1.165) is 9.88 Å². The van der Waals surface area contributed by atoms with Crippen LogP contribution in [0.2, 0.25) is 0 Å². The molecule has 24 heavy (non-hydrogen) atoms. The number of esters is 1. The number of rotatable bonds is 5. The molecule has 0 spiro atoms. The maximum absolute atomic E-state index is 12.5. The lowest BCUT2D eigenvalue weighted by Gasteiger charge is -2.02. The standard InChI is InChI=1S/C18H17NO4S/c1-4-22-18(21)17-10(2)23-16-6-5-12(7-14(16)17)15(20)8-13-9-19-11(3)24-13/h5-7,9H,4,8H2,1-3H3. The van der Waals surface area contributed by atoms with E-state index in [-0.39, 0.29) is 12.4 Å². The zero-order valence-corrected chi connectivity index (χ0v) is 14.5. The van der Waals surface area contributed by atoms with Gasteiger partial charge < -0.3 is 9.15 Å². The van der Waals surface area contributed by atoms with Crippen LogP contribution in [0.15, 0.2) is 28.8 Å². The van der Waals surface area contributed by atoms with Gasteiger partial charge in [0.2, 0.25) is 0 Å². The van der Waals surface area contributed by atoms with Crippen LogP contribution in [0.1, 0.15) is 43.3 Å². The molecule has 5 nitrogen and oxygen atoms in total. The van der Waals surface area contributed by atoms with E-state index in [1.807, 2.05) is 6.92 Å². The summed E-state index contributed by atoms with van der Waals surface area (Å²) in [6, 6.07) is 5.14. The van der Waals surface area contributed by atoms with Gasteiger partial charge in [0.05, 0.1) is 11.6 Å². The number of ketones is 1. The quantitative estimate of drug-likeness (QED) is 0.515. The Morgan fingerprint density at radius 1 is 1.29 bits per heavy atom. The van der Waals surface area contributed by atoms with E-state index < -0.39 is 5.97 Å². The Morgan fingerprint density at radius 2 is 2.08 bits per heavy atom.